The third-order valence-electron chi connectivity index (χ3n) is 6.42. The van der Waals surface area contributed by atoms with Gasteiger partial charge in [-0.05, 0) is 43.7 Å². The highest BCUT2D eigenvalue weighted by atomic mass is 32.1. The lowest BCUT2D eigenvalue weighted by Gasteiger charge is -2.25. The van der Waals surface area contributed by atoms with Gasteiger partial charge in [0.15, 0.2) is 11.4 Å². The number of carbonyl (C=O) groups excluding carboxylic acids is 2. The van der Waals surface area contributed by atoms with Crippen molar-refractivity contribution in [1.82, 2.24) is 4.57 Å². The van der Waals surface area contributed by atoms with Crippen LogP contribution in [0.4, 0.5) is 4.39 Å². The lowest BCUT2D eigenvalue weighted by Crippen LogP contribution is -2.40. The first-order valence-electron chi connectivity index (χ1n) is 13.3. The molecule has 0 fully saturated rings. The third kappa shape index (κ3) is 5.94. The lowest BCUT2D eigenvalue weighted by molar-refractivity contribution is -0.145. The van der Waals surface area contributed by atoms with Gasteiger partial charge in [0.05, 0.1) is 35.1 Å². The van der Waals surface area contributed by atoms with Gasteiger partial charge in [-0.25, -0.2) is 19.0 Å². The molecule has 1 aliphatic rings. The zero-order chi connectivity index (χ0) is 29.6. The average Bonchev–Trinajstić information content (AvgIpc) is 3.31. The summed E-state index contributed by atoms with van der Waals surface area (Å²) in [6.07, 6.45) is 1.66. The van der Waals surface area contributed by atoms with Crippen LogP contribution in [0.2, 0.25) is 0 Å². The van der Waals surface area contributed by atoms with Crippen LogP contribution in [0, 0.1) is 5.82 Å². The van der Waals surface area contributed by atoms with Crippen LogP contribution >= 0.6 is 11.3 Å². The molecule has 0 aliphatic carbocycles. The number of aromatic nitrogens is 1. The number of carbonyl (C=O) groups is 2. The Bertz CT molecular complexity index is 1830. The fraction of sp³-hybridized carbons (Fsp3) is 0.188. The molecule has 0 amide bonds. The van der Waals surface area contributed by atoms with E-state index in [1.54, 1.807) is 56.3 Å². The second kappa shape index (κ2) is 12.8. The van der Waals surface area contributed by atoms with E-state index in [1.165, 1.54) is 16.7 Å². The SMILES string of the molecule is CCOC(=O)COc1ccccc1C=c1sc2n(c1=O)[C@H](c1ccc(F)cc1)C(C(=O)OCC)=C(c1ccccc1)N=2. The molecule has 0 saturated carbocycles. The van der Waals surface area contributed by atoms with Crippen LogP contribution in [-0.2, 0) is 19.1 Å². The molecular weight excluding hydrogens is 559 g/mol. The molecule has 1 aromatic heterocycles. The van der Waals surface area contributed by atoms with Gasteiger partial charge < -0.3 is 14.2 Å². The van der Waals surface area contributed by atoms with Crippen molar-refractivity contribution in [2.75, 3.05) is 19.8 Å². The Morgan fingerprint density at radius 3 is 2.36 bits per heavy atom. The van der Waals surface area contributed by atoms with Crippen molar-refractivity contribution in [3.8, 4) is 5.75 Å². The Morgan fingerprint density at radius 2 is 1.64 bits per heavy atom. The van der Waals surface area contributed by atoms with Crippen LogP contribution in [0.1, 0.15) is 36.6 Å². The number of fused-ring (bicyclic) bond motifs is 1. The molecule has 0 N–H and O–H groups in total. The Morgan fingerprint density at radius 1 is 0.952 bits per heavy atom. The summed E-state index contributed by atoms with van der Waals surface area (Å²) in [5, 5.41) is 0. The van der Waals surface area contributed by atoms with Gasteiger partial charge in [-0.2, -0.15) is 0 Å². The highest BCUT2D eigenvalue weighted by Crippen LogP contribution is 2.35. The molecule has 1 aliphatic heterocycles. The average molecular weight is 587 g/mol. The number of ether oxygens (including phenoxy) is 3. The Labute approximate surface area is 244 Å². The number of para-hydroxylation sites is 1. The van der Waals surface area contributed by atoms with E-state index >= 15 is 0 Å². The van der Waals surface area contributed by atoms with Crippen molar-refractivity contribution >= 4 is 35.0 Å². The van der Waals surface area contributed by atoms with Gasteiger partial charge in [0.1, 0.15) is 11.6 Å². The van der Waals surface area contributed by atoms with Crippen LogP contribution in [0.5, 0.6) is 5.75 Å². The number of nitrogens with zero attached hydrogens (tertiary/aromatic N) is 2. The molecule has 3 aromatic carbocycles. The van der Waals surface area contributed by atoms with E-state index in [-0.39, 0.29) is 25.4 Å². The summed E-state index contributed by atoms with van der Waals surface area (Å²) in [4.78, 5) is 44.5. The summed E-state index contributed by atoms with van der Waals surface area (Å²) in [5.74, 6) is -1.19. The number of hydrogen-bond donors (Lipinski definition) is 0. The molecular formula is C32H27FN2O6S. The molecule has 214 valence electrons. The van der Waals surface area contributed by atoms with Gasteiger partial charge in [0, 0.05) is 11.1 Å². The minimum absolute atomic E-state index is 0.119. The fourth-order valence-corrected chi connectivity index (χ4v) is 5.60. The summed E-state index contributed by atoms with van der Waals surface area (Å²) in [5.41, 5.74) is 1.90. The first-order valence-corrected chi connectivity index (χ1v) is 14.1. The lowest BCUT2D eigenvalue weighted by atomic mass is 9.93. The number of benzene rings is 3. The van der Waals surface area contributed by atoms with Crippen molar-refractivity contribution in [1.29, 1.82) is 0 Å². The Hall–Kier alpha value is -4.83. The minimum atomic E-state index is -0.923. The predicted octanol–water partition coefficient (Wildman–Crippen LogP) is 4.02. The monoisotopic (exact) mass is 586 g/mol. The predicted molar refractivity (Wildman–Crippen MR) is 156 cm³/mol. The normalized spacial score (nSPS) is 14.6. The number of rotatable bonds is 9. The first-order chi connectivity index (χ1) is 20.4. The van der Waals surface area contributed by atoms with E-state index < -0.39 is 29.4 Å². The largest absolute Gasteiger partial charge is 0.481 e. The van der Waals surface area contributed by atoms with Gasteiger partial charge in [0.25, 0.3) is 5.56 Å². The molecule has 8 nitrogen and oxygen atoms in total. The number of thiazole rings is 1. The molecule has 42 heavy (non-hydrogen) atoms. The van der Waals surface area contributed by atoms with Crippen molar-refractivity contribution in [3.05, 3.63) is 127 Å². The van der Waals surface area contributed by atoms with Crippen LogP contribution in [-0.4, -0.2) is 36.3 Å². The molecule has 0 unspecified atom stereocenters. The van der Waals surface area contributed by atoms with E-state index in [9.17, 15) is 18.8 Å². The van der Waals surface area contributed by atoms with Gasteiger partial charge in [-0.1, -0.05) is 72.0 Å². The number of hydrogen-bond acceptors (Lipinski definition) is 8. The van der Waals surface area contributed by atoms with E-state index in [0.29, 0.717) is 37.5 Å². The molecule has 5 rings (SSSR count). The first kappa shape index (κ1) is 28.7. The number of esters is 2. The highest BCUT2D eigenvalue weighted by Gasteiger charge is 2.35. The quantitative estimate of drug-likeness (QED) is 0.275. The van der Waals surface area contributed by atoms with Crippen LogP contribution in [0.15, 0.2) is 94.2 Å². The van der Waals surface area contributed by atoms with Gasteiger partial charge in [-0.3, -0.25) is 9.36 Å². The second-order valence-electron chi connectivity index (χ2n) is 9.11. The maximum atomic E-state index is 14.0. The maximum absolute atomic E-state index is 14.0. The van der Waals surface area contributed by atoms with Crippen molar-refractivity contribution in [2.45, 2.75) is 19.9 Å². The van der Waals surface area contributed by atoms with Crippen molar-refractivity contribution < 1.29 is 28.2 Å². The smallest absolute Gasteiger partial charge is 0.344 e. The fourth-order valence-electron chi connectivity index (χ4n) is 4.61. The van der Waals surface area contributed by atoms with Crippen LogP contribution in [0.3, 0.4) is 0 Å². The van der Waals surface area contributed by atoms with Crippen molar-refractivity contribution in [3.63, 3.8) is 0 Å². The van der Waals surface area contributed by atoms with Crippen LogP contribution in [0.25, 0.3) is 11.8 Å². The standard InChI is InChI=1S/C32H27FN2O6S/c1-3-39-26(36)19-41-24-13-9-8-12-22(24)18-25-30(37)35-29(21-14-16-23(33)17-15-21)27(31(38)40-4-2)28(34-32(35)42-25)20-10-6-5-7-11-20/h5-18,29H,3-4,19H2,1-2H3/t29-/m1/s1. The minimum Gasteiger partial charge on any atom is -0.481 e. The third-order valence-corrected chi connectivity index (χ3v) is 7.40. The molecule has 2 heterocycles. The van der Waals surface area contributed by atoms with Crippen LogP contribution < -0.4 is 19.6 Å². The van der Waals surface area contributed by atoms with E-state index in [4.69, 9.17) is 19.2 Å². The zero-order valence-electron chi connectivity index (χ0n) is 22.9. The molecule has 0 radical (unpaired) electrons. The summed E-state index contributed by atoms with van der Waals surface area (Å²) in [6.45, 7) is 3.48. The maximum Gasteiger partial charge on any atom is 0.344 e. The zero-order valence-corrected chi connectivity index (χ0v) is 23.7. The summed E-state index contributed by atoms with van der Waals surface area (Å²) in [7, 11) is 0. The van der Waals surface area contributed by atoms with Gasteiger partial charge >= 0.3 is 11.9 Å². The molecule has 10 heteroatoms. The highest BCUT2D eigenvalue weighted by molar-refractivity contribution is 7.07. The van der Waals surface area contributed by atoms with Crippen molar-refractivity contribution in [2.24, 2.45) is 4.99 Å². The molecule has 0 bridgehead atoms. The molecule has 1 atom stereocenters. The van der Waals surface area contributed by atoms with E-state index in [0.717, 1.165) is 11.3 Å². The summed E-state index contributed by atoms with van der Waals surface area (Å²) >= 11 is 1.15. The number of halogens is 1. The summed E-state index contributed by atoms with van der Waals surface area (Å²) in [6, 6.07) is 20.9. The van der Waals surface area contributed by atoms with Gasteiger partial charge in [-0.15, -0.1) is 0 Å². The molecule has 0 saturated heterocycles. The molecule has 0 spiro atoms. The Balaban J connectivity index is 1.72. The summed E-state index contributed by atoms with van der Waals surface area (Å²) < 4.78 is 31.8. The Kier molecular flexibility index (Phi) is 8.73. The van der Waals surface area contributed by atoms with E-state index in [1.807, 2.05) is 30.3 Å². The van der Waals surface area contributed by atoms with E-state index in [2.05, 4.69) is 0 Å². The topological polar surface area (TPSA) is 96.2 Å². The second-order valence-corrected chi connectivity index (χ2v) is 10.1. The molecule has 4 aromatic rings. The van der Waals surface area contributed by atoms with Gasteiger partial charge in [0.2, 0.25) is 0 Å².